The zero-order chi connectivity index (χ0) is 10.3. The van der Waals surface area contributed by atoms with Gasteiger partial charge in [-0.25, -0.2) is 0 Å². The Morgan fingerprint density at radius 1 is 1.15 bits per heavy atom. The van der Waals surface area contributed by atoms with E-state index in [9.17, 15) is 0 Å². The van der Waals surface area contributed by atoms with E-state index in [0.29, 0.717) is 0 Å². The van der Waals surface area contributed by atoms with Gasteiger partial charge in [-0.15, -0.1) is 0 Å². The van der Waals surface area contributed by atoms with E-state index in [0.717, 1.165) is 6.54 Å². The van der Waals surface area contributed by atoms with E-state index in [4.69, 9.17) is 0 Å². The van der Waals surface area contributed by atoms with Gasteiger partial charge in [0.1, 0.15) is 0 Å². The molecule has 0 aromatic carbocycles. The second kappa shape index (κ2) is 6.76. The van der Waals surface area contributed by atoms with Crippen molar-refractivity contribution in [3.8, 4) is 0 Å². The molecule has 0 aliphatic heterocycles. The lowest BCUT2D eigenvalue weighted by Crippen LogP contribution is -2.12. The highest BCUT2D eigenvalue weighted by Crippen LogP contribution is 2.05. The molecule has 76 valence electrons. The monoisotopic (exact) mass is 181 g/mol. The molecule has 1 nitrogen and oxygen atoms in total. The smallest absolute Gasteiger partial charge is 0.0143 e. The molecule has 0 unspecified atom stereocenters. The number of hydrogen-bond acceptors (Lipinski definition) is 1. The number of nitrogens with one attached hydrogen (secondary N) is 1. The van der Waals surface area contributed by atoms with Gasteiger partial charge in [-0.3, -0.25) is 0 Å². The molecule has 1 N–H and O–H groups in total. The van der Waals surface area contributed by atoms with Crippen LogP contribution in [-0.4, -0.2) is 6.54 Å². The summed E-state index contributed by atoms with van der Waals surface area (Å²) in [6.45, 7) is 11.9. The lowest BCUT2D eigenvalue weighted by atomic mass is 10.1. The maximum absolute atomic E-state index is 3.40. The summed E-state index contributed by atoms with van der Waals surface area (Å²) >= 11 is 0. The van der Waals surface area contributed by atoms with Crippen LogP contribution < -0.4 is 5.32 Å². The van der Waals surface area contributed by atoms with Gasteiger partial charge >= 0.3 is 0 Å². The van der Waals surface area contributed by atoms with Gasteiger partial charge in [0, 0.05) is 12.2 Å². The summed E-state index contributed by atoms with van der Waals surface area (Å²) in [6, 6.07) is 0. The van der Waals surface area contributed by atoms with Crippen molar-refractivity contribution in [3.63, 3.8) is 0 Å². The largest absolute Gasteiger partial charge is 0.389 e. The van der Waals surface area contributed by atoms with E-state index in [1.165, 1.54) is 29.7 Å². The van der Waals surface area contributed by atoms with Gasteiger partial charge in [0.05, 0.1) is 0 Å². The Labute approximate surface area is 82.9 Å². The minimum absolute atomic E-state index is 1.09. The Bertz CT molecular complexity index is 195. The molecule has 0 aliphatic rings. The van der Waals surface area contributed by atoms with Crippen LogP contribution in [0.5, 0.6) is 0 Å². The van der Waals surface area contributed by atoms with E-state index < -0.39 is 0 Å². The van der Waals surface area contributed by atoms with Gasteiger partial charge in [0.2, 0.25) is 0 Å². The zero-order valence-corrected chi connectivity index (χ0v) is 9.70. The van der Waals surface area contributed by atoms with E-state index in [1.54, 1.807) is 0 Å². The van der Waals surface area contributed by atoms with Crippen molar-refractivity contribution < 1.29 is 0 Å². The highest BCUT2D eigenvalue weighted by molar-refractivity contribution is 5.23. The predicted molar refractivity (Wildman–Crippen MR) is 60.7 cm³/mol. The first-order valence-electron chi connectivity index (χ1n) is 5.14. The molecular weight excluding hydrogens is 158 g/mol. The Hall–Kier alpha value is -0.720. The van der Waals surface area contributed by atoms with Gasteiger partial charge in [0.25, 0.3) is 0 Å². The molecular formula is C12H23N. The van der Waals surface area contributed by atoms with Gasteiger partial charge in [-0.05, 0) is 40.2 Å². The van der Waals surface area contributed by atoms with Crippen molar-refractivity contribution in [2.75, 3.05) is 6.54 Å². The van der Waals surface area contributed by atoms with Gasteiger partial charge in [0.15, 0.2) is 0 Å². The summed E-state index contributed by atoms with van der Waals surface area (Å²) in [5.74, 6) is 0. The van der Waals surface area contributed by atoms with Crippen molar-refractivity contribution in [2.24, 2.45) is 0 Å². The summed E-state index contributed by atoms with van der Waals surface area (Å²) in [7, 11) is 0. The molecule has 0 heterocycles. The number of unbranched alkanes of at least 4 members (excludes halogenated alkanes) is 1. The summed E-state index contributed by atoms with van der Waals surface area (Å²) < 4.78 is 0. The van der Waals surface area contributed by atoms with Crippen LogP contribution in [-0.2, 0) is 0 Å². The second-order valence-electron chi connectivity index (χ2n) is 3.79. The van der Waals surface area contributed by atoms with Crippen LogP contribution in [0.1, 0.15) is 47.5 Å². The maximum Gasteiger partial charge on any atom is 0.0143 e. The predicted octanol–water partition coefficient (Wildman–Crippen LogP) is 3.64. The number of rotatable bonds is 5. The van der Waals surface area contributed by atoms with Crippen LogP contribution in [0.4, 0.5) is 0 Å². The molecule has 13 heavy (non-hydrogen) atoms. The van der Waals surface area contributed by atoms with Crippen molar-refractivity contribution >= 4 is 0 Å². The van der Waals surface area contributed by atoms with Crippen molar-refractivity contribution in [1.82, 2.24) is 5.32 Å². The minimum Gasteiger partial charge on any atom is -0.389 e. The van der Waals surface area contributed by atoms with E-state index in [2.05, 4.69) is 46.0 Å². The molecule has 0 aromatic rings. The van der Waals surface area contributed by atoms with E-state index in [1.807, 2.05) is 0 Å². The Morgan fingerprint density at radius 2 is 1.77 bits per heavy atom. The molecule has 0 radical (unpaired) electrons. The molecule has 0 aromatic heterocycles. The molecule has 0 saturated heterocycles. The van der Waals surface area contributed by atoms with Crippen LogP contribution in [0.25, 0.3) is 0 Å². The highest BCUT2D eigenvalue weighted by Gasteiger charge is 1.90. The molecule has 0 spiro atoms. The number of hydrogen-bond donors (Lipinski definition) is 1. The molecule has 0 aliphatic carbocycles. The van der Waals surface area contributed by atoms with Crippen LogP contribution in [0.3, 0.4) is 0 Å². The second-order valence-corrected chi connectivity index (χ2v) is 3.79. The lowest BCUT2D eigenvalue weighted by molar-refractivity contribution is 0.710. The third-order valence-corrected chi connectivity index (χ3v) is 2.16. The van der Waals surface area contributed by atoms with E-state index in [-0.39, 0.29) is 0 Å². The third-order valence-electron chi connectivity index (χ3n) is 2.16. The van der Waals surface area contributed by atoms with Crippen LogP contribution in [0.2, 0.25) is 0 Å². The van der Waals surface area contributed by atoms with Gasteiger partial charge in [-0.2, -0.15) is 0 Å². The highest BCUT2D eigenvalue weighted by atomic mass is 14.9. The van der Waals surface area contributed by atoms with Crippen molar-refractivity contribution in [2.45, 2.75) is 47.5 Å². The normalized spacial score (nSPS) is 11.3. The average molecular weight is 181 g/mol. The van der Waals surface area contributed by atoms with Gasteiger partial charge < -0.3 is 5.32 Å². The Kier molecular flexibility index (Phi) is 6.38. The quantitative estimate of drug-likeness (QED) is 0.504. The minimum atomic E-state index is 1.09. The fraction of sp³-hybridized carbons (Fsp3) is 0.667. The van der Waals surface area contributed by atoms with Crippen molar-refractivity contribution in [3.05, 3.63) is 22.9 Å². The molecule has 0 atom stereocenters. The first-order valence-corrected chi connectivity index (χ1v) is 5.14. The standard InChI is InChI=1S/C12H23N/c1-6-7-8-13-12(5)9-11(4)10(2)3/h9,13H,6-8H2,1-5H3/b12-9+. The molecule has 0 rings (SSSR count). The van der Waals surface area contributed by atoms with Crippen LogP contribution in [0.15, 0.2) is 22.9 Å². The molecule has 0 fully saturated rings. The topological polar surface area (TPSA) is 12.0 Å². The van der Waals surface area contributed by atoms with Crippen LogP contribution >= 0.6 is 0 Å². The summed E-state index contributed by atoms with van der Waals surface area (Å²) in [5.41, 5.74) is 4.02. The first kappa shape index (κ1) is 12.3. The average Bonchev–Trinajstić information content (AvgIpc) is 2.04. The summed E-state index contributed by atoms with van der Waals surface area (Å²) in [6.07, 6.45) is 4.71. The SMILES string of the molecule is CCCCN/C(C)=C/C(C)=C(C)C. The number of allylic oxidation sites excluding steroid dienone is 4. The van der Waals surface area contributed by atoms with E-state index >= 15 is 0 Å². The molecule has 0 bridgehead atoms. The third kappa shape index (κ3) is 6.44. The summed E-state index contributed by atoms with van der Waals surface area (Å²) in [5, 5.41) is 3.40. The van der Waals surface area contributed by atoms with Gasteiger partial charge in [-0.1, -0.05) is 24.5 Å². The molecule has 0 amide bonds. The fourth-order valence-corrected chi connectivity index (χ4v) is 0.982. The maximum atomic E-state index is 3.40. The van der Waals surface area contributed by atoms with Crippen LogP contribution in [0, 0.1) is 0 Å². The molecule has 1 heteroatoms. The molecule has 0 saturated carbocycles. The lowest BCUT2D eigenvalue weighted by Gasteiger charge is -2.06. The van der Waals surface area contributed by atoms with Crippen molar-refractivity contribution in [1.29, 1.82) is 0 Å². The Balaban J connectivity index is 3.95. The first-order chi connectivity index (χ1) is 6.07. The fourth-order valence-electron chi connectivity index (χ4n) is 0.982. The Morgan fingerprint density at radius 3 is 2.23 bits per heavy atom. The zero-order valence-electron chi connectivity index (χ0n) is 9.70. The summed E-state index contributed by atoms with van der Waals surface area (Å²) in [4.78, 5) is 0.